The van der Waals surface area contributed by atoms with Crippen molar-refractivity contribution < 1.29 is 23.1 Å². The number of halogens is 3. The molecule has 1 atom stereocenters. The Bertz CT molecular complexity index is 458. The van der Waals surface area contributed by atoms with Gasteiger partial charge in [-0.05, 0) is 24.1 Å². The van der Waals surface area contributed by atoms with Crippen LogP contribution in [0.5, 0.6) is 0 Å². The summed E-state index contributed by atoms with van der Waals surface area (Å²) in [7, 11) is 0. The fraction of sp³-hybridized carbons (Fsp3) is 0.462. The van der Waals surface area contributed by atoms with E-state index in [2.05, 4.69) is 5.32 Å². The molecule has 1 aromatic rings. The van der Waals surface area contributed by atoms with Gasteiger partial charge in [-0.25, -0.2) is 4.79 Å². The van der Waals surface area contributed by atoms with Gasteiger partial charge in [0.15, 0.2) is 0 Å². The maximum atomic E-state index is 12.5. The number of alkyl halides is 3. The van der Waals surface area contributed by atoms with Crippen molar-refractivity contribution in [2.75, 3.05) is 11.9 Å². The number of carboxylic acids is 1. The van der Waals surface area contributed by atoms with Crippen LogP contribution in [0.4, 0.5) is 18.9 Å². The summed E-state index contributed by atoms with van der Waals surface area (Å²) >= 11 is 0. The smallest absolute Gasteiger partial charge is 0.416 e. The second-order valence-electron chi connectivity index (χ2n) is 4.46. The van der Waals surface area contributed by atoms with Gasteiger partial charge in [0, 0.05) is 12.2 Å². The van der Waals surface area contributed by atoms with Crippen LogP contribution in [-0.2, 0) is 6.18 Å². The first-order chi connectivity index (χ1) is 8.75. The van der Waals surface area contributed by atoms with Crippen molar-refractivity contribution in [3.05, 3.63) is 29.3 Å². The summed E-state index contributed by atoms with van der Waals surface area (Å²) in [6.07, 6.45) is -3.64. The fourth-order valence-electron chi connectivity index (χ4n) is 1.48. The van der Waals surface area contributed by atoms with E-state index in [1.165, 1.54) is 0 Å². The molecule has 6 heteroatoms. The van der Waals surface area contributed by atoms with Crippen molar-refractivity contribution in [2.24, 2.45) is 5.92 Å². The number of hydrogen-bond donors (Lipinski definition) is 2. The number of carbonyl (C=O) groups is 1. The first-order valence-electron chi connectivity index (χ1n) is 5.94. The van der Waals surface area contributed by atoms with Crippen LogP contribution in [-0.4, -0.2) is 17.6 Å². The Morgan fingerprint density at radius 3 is 2.53 bits per heavy atom. The maximum absolute atomic E-state index is 12.5. The van der Waals surface area contributed by atoms with E-state index in [9.17, 15) is 18.0 Å². The van der Waals surface area contributed by atoms with Crippen LogP contribution in [0, 0.1) is 5.92 Å². The number of aromatic carboxylic acids is 1. The van der Waals surface area contributed by atoms with Gasteiger partial charge in [0.2, 0.25) is 0 Å². The Morgan fingerprint density at radius 1 is 1.42 bits per heavy atom. The highest BCUT2D eigenvalue weighted by Crippen LogP contribution is 2.32. The van der Waals surface area contributed by atoms with E-state index in [1.54, 1.807) is 0 Å². The first kappa shape index (κ1) is 15.3. The minimum Gasteiger partial charge on any atom is -0.478 e. The summed E-state index contributed by atoms with van der Waals surface area (Å²) < 4.78 is 37.6. The Kier molecular flexibility index (Phi) is 4.80. The van der Waals surface area contributed by atoms with Gasteiger partial charge in [-0.3, -0.25) is 0 Å². The molecule has 1 rings (SSSR count). The van der Waals surface area contributed by atoms with Crippen molar-refractivity contribution in [1.82, 2.24) is 0 Å². The molecule has 0 aliphatic heterocycles. The standard InChI is InChI=1S/C13H16F3NO2/c1-3-8(2)7-17-11-5-4-9(13(14,15)16)6-10(11)12(18)19/h4-6,8,17H,3,7H2,1-2H3,(H,18,19). The van der Waals surface area contributed by atoms with Crippen LogP contribution in [0.3, 0.4) is 0 Å². The quantitative estimate of drug-likeness (QED) is 0.857. The number of carboxylic acid groups (broad SMARTS) is 1. The Hall–Kier alpha value is -1.72. The minimum atomic E-state index is -4.54. The van der Waals surface area contributed by atoms with Crippen LogP contribution in [0.15, 0.2) is 18.2 Å². The van der Waals surface area contributed by atoms with E-state index >= 15 is 0 Å². The SMILES string of the molecule is CCC(C)CNc1ccc(C(F)(F)F)cc1C(=O)O. The fourth-order valence-corrected chi connectivity index (χ4v) is 1.48. The van der Waals surface area contributed by atoms with E-state index < -0.39 is 17.7 Å². The minimum absolute atomic E-state index is 0.209. The molecule has 0 bridgehead atoms. The molecule has 0 aliphatic carbocycles. The molecule has 0 spiro atoms. The normalized spacial score (nSPS) is 13.1. The van der Waals surface area contributed by atoms with E-state index in [-0.39, 0.29) is 11.3 Å². The monoisotopic (exact) mass is 275 g/mol. The summed E-state index contributed by atoms with van der Waals surface area (Å²) in [6, 6.07) is 2.70. The van der Waals surface area contributed by atoms with Gasteiger partial charge in [-0.1, -0.05) is 20.3 Å². The van der Waals surface area contributed by atoms with Gasteiger partial charge < -0.3 is 10.4 Å². The molecule has 0 fully saturated rings. The Balaban J connectivity index is 3.02. The number of nitrogens with one attached hydrogen (secondary N) is 1. The molecule has 0 saturated heterocycles. The van der Waals surface area contributed by atoms with Gasteiger partial charge in [0.1, 0.15) is 0 Å². The van der Waals surface area contributed by atoms with E-state index in [0.717, 1.165) is 18.6 Å². The average Bonchev–Trinajstić information content (AvgIpc) is 2.34. The van der Waals surface area contributed by atoms with Gasteiger partial charge in [-0.2, -0.15) is 13.2 Å². The first-order valence-corrected chi connectivity index (χ1v) is 5.94. The molecule has 1 aromatic carbocycles. The Morgan fingerprint density at radius 2 is 2.05 bits per heavy atom. The average molecular weight is 275 g/mol. The highest BCUT2D eigenvalue weighted by molar-refractivity contribution is 5.94. The largest absolute Gasteiger partial charge is 0.478 e. The highest BCUT2D eigenvalue weighted by Gasteiger charge is 2.31. The van der Waals surface area contributed by atoms with Gasteiger partial charge >= 0.3 is 12.1 Å². The predicted molar refractivity (Wildman–Crippen MR) is 66.3 cm³/mol. The lowest BCUT2D eigenvalue weighted by Gasteiger charge is -2.15. The van der Waals surface area contributed by atoms with Crippen molar-refractivity contribution >= 4 is 11.7 Å². The third-order valence-corrected chi connectivity index (χ3v) is 2.92. The zero-order valence-electron chi connectivity index (χ0n) is 10.7. The second-order valence-corrected chi connectivity index (χ2v) is 4.46. The summed E-state index contributed by atoms with van der Waals surface area (Å²) in [5.74, 6) is -1.07. The molecule has 19 heavy (non-hydrogen) atoms. The summed E-state index contributed by atoms with van der Waals surface area (Å²) in [5.41, 5.74) is -1.11. The topological polar surface area (TPSA) is 49.3 Å². The van der Waals surface area contributed by atoms with Crippen LogP contribution in [0.2, 0.25) is 0 Å². The van der Waals surface area contributed by atoms with Crippen molar-refractivity contribution in [3.63, 3.8) is 0 Å². The molecule has 0 amide bonds. The van der Waals surface area contributed by atoms with E-state index in [0.29, 0.717) is 18.5 Å². The molecule has 2 N–H and O–H groups in total. The molecular formula is C13H16F3NO2. The van der Waals surface area contributed by atoms with Gasteiger partial charge in [0.25, 0.3) is 0 Å². The lowest BCUT2D eigenvalue weighted by Crippen LogP contribution is -2.14. The van der Waals surface area contributed by atoms with Crippen molar-refractivity contribution in [2.45, 2.75) is 26.4 Å². The molecule has 0 saturated carbocycles. The molecular weight excluding hydrogens is 259 g/mol. The van der Waals surface area contributed by atoms with Crippen LogP contribution in [0.25, 0.3) is 0 Å². The van der Waals surface area contributed by atoms with Crippen molar-refractivity contribution in [3.8, 4) is 0 Å². The highest BCUT2D eigenvalue weighted by atomic mass is 19.4. The summed E-state index contributed by atoms with van der Waals surface area (Å²) in [6.45, 7) is 4.47. The molecule has 0 aromatic heterocycles. The Labute approximate surface area is 109 Å². The number of rotatable bonds is 5. The molecule has 106 valence electrons. The van der Waals surface area contributed by atoms with Gasteiger partial charge in [-0.15, -0.1) is 0 Å². The number of hydrogen-bond acceptors (Lipinski definition) is 2. The zero-order valence-corrected chi connectivity index (χ0v) is 10.7. The molecule has 3 nitrogen and oxygen atoms in total. The molecule has 1 unspecified atom stereocenters. The van der Waals surface area contributed by atoms with Crippen LogP contribution >= 0.6 is 0 Å². The lowest BCUT2D eigenvalue weighted by molar-refractivity contribution is -0.137. The van der Waals surface area contributed by atoms with Crippen LogP contribution in [0.1, 0.15) is 36.2 Å². The maximum Gasteiger partial charge on any atom is 0.416 e. The number of anilines is 1. The second kappa shape index (κ2) is 5.95. The van der Waals surface area contributed by atoms with Crippen LogP contribution < -0.4 is 5.32 Å². The number of benzene rings is 1. The van der Waals surface area contributed by atoms with Crippen molar-refractivity contribution in [1.29, 1.82) is 0 Å². The molecule has 0 aliphatic rings. The van der Waals surface area contributed by atoms with E-state index in [1.807, 2.05) is 13.8 Å². The molecule has 0 heterocycles. The predicted octanol–water partition coefficient (Wildman–Crippen LogP) is 3.86. The van der Waals surface area contributed by atoms with E-state index in [4.69, 9.17) is 5.11 Å². The zero-order chi connectivity index (χ0) is 14.6. The van der Waals surface area contributed by atoms with Gasteiger partial charge in [0.05, 0.1) is 11.1 Å². The molecule has 0 radical (unpaired) electrons. The third-order valence-electron chi connectivity index (χ3n) is 2.92. The summed E-state index contributed by atoms with van der Waals surface area (Å²) in [4.78, 5) is 11.0. The summed E-state index contributed by atoms with van der Waals surface area (Å²) in [5, 5.41) is 11.8. The lowest BCUT2D eigenvalue weighted by atomic mass is 10.1. The third kappa shape index (κ3) is 4.15.